The van der Waals surface area contributed by atoms with E-state index in [2.05, 4.69) is 198 Å². The second kappa shape index (κ2) is 15.2. The highest BCUT2D eigenvalue weighted by Crippen LogP contribution is 2.42. The third-order valence-corrected chi connectivity index (χ3v) is 11.6. The fourth-order valence-electron chi connectivity index (χ4n) is 8.68. The van der Waals surface area contributed by atoms with Crippen molar-refractivity contribution >= 4 is 55.5 Å². The zero-order chi connectivity index (χ0) is 39.8. The summed E-state index contributed by atoms with van der Waals surface area (Å²) in [6, 6.07) is 71.3. The molecule has 0 fully saturated rings. The number of rotatable bonds is 8. The number of allylic oxidation sites excluding steroid dienone is 4. The van der Waals surface area contributed by atoms with Crippen LogP contribution in [-0.4, -0.2) is 14.5 Å². The van der Waals surface area contributed by atoms with Crippen molar-refractivity contribution in [2.75, 3.05) is 4.90 Å². The van der Waals surface area contributed by atoms with Crippen LogP contribution in [0.15, 0.2) is 218 Å². The molecule has 0 aliphatic heterocycles. The molecular formula is C56H40N4. The van der Waals surface area contributed by atoms with Gasteiger partial charge in [0.05, 0.1) is 33.5 Å². The molecule has 0 bridgehead atoms. The molecular weight excluding hydrogens is 729 g/mol. The lowest BCUT2D eigenvalue weighted by Gasteiger charge is -2.26. The first-order chi connectivity index (χ1) is 29.7. The van der Waals surface area contributed by atoms with Crippen LogP contribution in [0.5, 0.6) is 0 Å². The van der Waals surface area contributed by atoms with Gasteiger partial charge in [0.25, 0.3) is 0 Å². The smallest absolute Gasteiger partial charge is 0.0973 e. The molecule has 0 N–H and O–H groups in total. The minimum absolute atomic E-state index is 0.862. The van der Waals surface area contributed by atoms with Crippen LogP contribution in [0.25, 0.3) is 77.7 Å². The molecule has 0 saturated heterocycles. The molecule has 284 valence electrons. The van der Waals surface area contributed by atoms with Gasteiger partial charge in [-0.1, -0.05) is 133 Å². The minimum Gasteiger partial charge on any atom is -0.310 e. The van der Waals surface area contributed by atoms with Gasteiger partial charge in [0.15, 0.2) is 0 Å². The first kappa shape index (κ1) is 35.4. The van der Waals surface area contributed by atoms with Crippen molar-refractivity contribution in [2.24, 2.45) is 0 Å². The van der Waals surface area contributed by atoms with Crippen LogP contribution in [0, 0.1) is 0 Å². The summed E-state index contributed by atoms with van der Waals surface area (Å²) in [4.78, 5) is 12.6. The lowest BCUT2D eigenvalue weighted by atomic mass is 9.95. The largest absolute Gasteiger partial charge is 0.310 e. The number of nitrogens with zero attached hydrogens (tertiary/aromatic N) is 4. The zero-order valence-corrected chi connectivity index (χ0v) is 33.0. The van der Waals surface area contributed by atoms with Crippen molar-refractivity contribution in [1.82, 2.24) is 14.5 Å². The third kappa shape index (κ3) is 6.45. The number of para-hydroxylation sites is 4. The average molecular weight is 769 g/mol. The van der Waals surface area contributed by atoms with Gasteiger partial charge in [-0.05, 0) is 120 Å². The Labute approximate surface area is 349 Å². The Morgan fingerprint density at radius 2 is 0.933 bits per heavy atom. The number of benzene rings is 8. The van der Waals surface area contributed by atoms with Gasteiger partial charge in [-0.15, -0.1) is 0 Å². The number of aromatic nitrogens is 3. The molecule has 0 spiro atoms. The van der Waals surface area contributed by atoms with Crippen molar-refractivity contribution in [3.63, 3.8) is 0 Å². The Kier molecular flexibility index (Phi) is 8.94. The molecule has 10 aromatic rings. The predicted octanol–water partition coefficient (Wildman–Crippen LogP) is 14.9. The Morgan fingerprint density at radius 1 is 0.400 bits per heavy atom. The summed E-state index contributed by atoms with van der Waals surface area (Å²) >= 11 is 0. The first-order valence-electron chi connectivity index (χ1n) is 20.6. The van der Waals surface area contributed by atoms with Crippen LogP contribution in [0.3, 0.4) is 0 Å². The van der Waals surface area contributed by atoms with E-state index in [4.69, 9.17) is 9.97 Å². The predicted molar refractivity (Wildman–Crippen MR) is 251 cm³/mol. The Morgan fingerprint density at radius 3 is 1.63 bits per heavy atom. The molecule has 0 saturated carbocycles. The molecule has 0 amide bonds. The van der Waals surface area contributed by atoms with Crippen LogP contribution in [-0.2, 0) is 0 Å². The highest BCUT2D eigenvalue weighted by molar-refractivity contribution is 6.12. The standard InChI is InChI=1S/C56H40N4/c1-5-16-39(17-6-1)42-20-15-21-43(36-42)44-30-34-53-49(37-44)50-38-48(33-35-54(50)60(53)46-24-11-4-12-25-46)59(45-22-9-3-10-23-45)47-31-28-41(29-32-47)56-55(40-18-7-2-8-19-40)57-51-26-13-14-27-52(51)58-56/h2-5,7-38H,1,6H2. The topological polar surface area (TPSA) is 34.0 Å². The van der Waals surface area contributed by atoms with E-state index in [1.807, 2.05) is 30.3 Å². The monoisotopic (exact) mass is 768 g/mol. The zero-order valence-electron chi connectivity index (χ0n) is 33.0. The van der Waals surface area contributed by atoms with Gasteiger partial charge in [-0.25, -0.2) is 9.97 Å². The van der Waals surface area contributed by atoms with Crippen LogP contribution >= 0.6 is 0 Å². The molecule has 0 unspecified atom stereocenters. The van der Waals surface area contributed by atoms with Gasteiger partial charge in [0.2, 0.25) is 0 Å². The molecule has 4 nitrogen and oxygen atoms in total. The van der Waals surface area contributed by atoms with E-state index in [0.29, 0.717) is 0 Å². The molecule has 2 aromatic heterocycles. The first-order valence-corrected chi connectivity index (χ1v) is 20.6. The van der Waals surface area contributed by atoms with Gasteiger partial charge in [-0.3, -0.25) is 0 Å². The van der Waals surface area contributed by atoms with Gasteiger partial charge < -0.3 is 9.47 Å². The summed E-state index contributed by atoms with van der Waals surface area (Å²) in [5.41, 5.74) is 17.2. The maximum atomic E-state index is 5.18. The molecule has 0 atom stereocenters. The van der Waals surface area contributed by atoms with Gasteiger partial charge in [-0.2, -0.15) is 0 Å². The molecule has 2 heterocycles. The Bertz CT molecular complexity index is 3240. The number of hydrogen-bond acceptors (Lipinski definition) is 3. The van der Waals surface area contributed by atoms with Crippen molar-refractivity contribution < 1.29 is 0 Å². The number of hydrogen-bond donors (Lipinski definition) is 0. The second-order valence-corrected chi connectivity index (χ2v) is 15.3. The fourth-order valence-corrected chi connectivity index (χ4v) is 8.68. The molecule has 0 radical (unpaired) electrons. The molecule has 1 aliphatic carbocycles. The Balaban J connectivity index is 1.06. The lowest BCUT2D eigenvalue weighted by Crippen LogP contribution is -2.09. The fraction of sp³-hybridized carbons (Fsp3) is 0.0357. The minimum atomic E-state index is 0.862. The molecule has 4 heteroatoms. The van der Waals surface area contributed by atoms with Gasteiger partial charge in [0.1, 0.15) is 0 Å². The summed E-state index contributed by atoms with van der Waals surface area (Å²) < 4.78 is 2.39. The highest BCUT2D eigenvalue weighted by Gasteiger charge is 2.20. The van der Waals surface area contributed by atoms with Crippen LogP contribution < -0.4 is 4.90 Å². The van der Waals surface area contributed by atoms with E-state index in [9.17, 15) is 0 Å². The van der Waals surface area contributed by atoms with Gasteiger partial charge >= 0.3 is 0 Å². The molecule has 60 heavy (non-hydrogen) atoms. The summed E-state index contributed by atoms with van der Waals surface area (Å²) in [7, 11) is 0. The van der Waals surface area contributed by atoms with Crippen molar-refractivity contribution in [3.8, 4) is 39.3 Å². The number of anilines is 3. The third-order valence-electron chi connectivity index (χ3n) is 11.6. The van der Waals surface area contributed by atoms with Crippen molar-refractivity contribution in [3.05, 3.63) is 224 Å². The summed E-state index contributed by atoms with van der Waals surface area (Å²) in [6.07, 6.45) is 9.08. The Hall–Kier alpha value is -7.82. The van der Waals surface area contributed by atoms with E-state index in [1.54, 1.807) is 0 Å². The lowest BCUT2D eigenvalue weighted by molar-refractivity contribution is 1.04. The van der Waals surface area contributed by atoms with E-state index >= 15 is 0 Å². The van der Waals surface area contributed by atoms with Crippen LogP contribution in [0.2, 0.25) is 0 Å². The molecule has 8 aromatic carbocycles. The summed E-state index contributed by atoms with van der Waals surface area (Å²) in [5, 5.41) is 2.40. The molecule has 1 aliphatic rings. The highest BCUT2D eigenvalue weighted by atomic mass is 15.1. The van der Waals surface area contributed by atoms with E-state index < -0.39 is 0 Å². The number of fused-ring (bicyclic) bond motifs is 4. The second-order valence-electron chi connectivity index (χ2n) is 15.3. The quantitative estimate of drug-likeness (QED) is 0.154. The average Bonchev–Trinajstić information content (AvgIpc) is 3.66. The summed E-state index contributed by atoms with van der Waals surface area (Å²) in [5.74, 6) is 0. The SMILES string of the molecule is C1=CC(c2cccc(-c3ccc4c(c3)c3cc(N(c5ccccc5)c5ccc(-c6nc7ccccc7nc6-c6ccccc6)cc5)ccc3n4-c3ccccc3)c2)=CCC1. The van der Waals surface area contributed by atoms with E-state index in [0.717, 1.165) is 74.7 Å². The molecule has 11 rings (SSSR count). The normalized spacial score (nSPS) is 12.6. The van der Waals surface area contributed by atoms with Crippen LogP contribution in [0.4, 0.5) is 17.1 Å². The maximum Gasteiger partial charge on any atom is 0.0973 e. The van der Waals surface area contributed by atoms with E-state index in [1.165, 1.54) is 38.6 Å². The van der Waals surface area contributed by atoms with Crippen molar-refractivity contribution in [2.45, 2.75) is 12.8 Å². The van der Waals surface area contributed by atoms with Crippen LogP contribution in [0.1, 0.15) is 18.4 Å². The summed E-state index contributed by atoms with van der Waals surface area (Å²) in [6.45, 7) is 0. The van der Waals surface area contributed by atoms with E-state index in [-0.39, 0.29) is 0 Å². The maximum absolute atomic E-state index is 5.18. The van der Waals surface area contributed by atoms with Gasteiger partial charge in [0, 0.05) is 44.6 Å². The van der Waals surface area contributed by atoms with Crippen molar-refractivity contribution in [1.29, 1.82) is 0 Å².